The van der Waals surface area contributed by atoms with E-state index in [-0.39, 0.29) is 24.0 Å². The highest BCUT2D eigenvalue weighted by Gasteiger charge is 2.53. The zero-order valence-electron chi connectivity index (χ0n) is 7.32. The van der Waals surface area contributed by atoms with Gasteiger partial charge in [-0.05, 0) is 31.6 Å². The predicted molar refractivity (Wildman–Crippen MR) is 51.1 cm³/mol. The molecule has 0 bridgehead atoms. The molecular weight excluding hydrogens is 192 g/mol. The summed E-state index contributed by atoms with van der Waals surface area (Å²) in [6.45, 7) is 0. The third kappa shape index (κ3) is 2.06. The molecule has 0 aliphatic heterocycles. The molecular formula is C8H15ClN2O2. The Labute approximate surface area is 83.3 Å². The zero-order chi connectivity index (χ0) is 8.77. The first-order chi connectivity index (χ1) is 5.64. The van der Waals surface area contributed by atoms with Crippen molar-refractivity contribution >= 4 is 18.5 Å². The van der Waals surface area contributed by atoms with E-state index in [1.54, 1.807) is 0 Å². The van der Waals surface area contributed by atoms with E-state index < -0.39 is 6.09 Å². The summed E-state index contributed by atoms with van der Waals surface area (Å²) >= 11 is 0. The average molecular weight is 207 g/mol. The number of carboxylic acid groups (broad SMARTS) is 1. The number of carbonyl (C=O) groups is 1. The van der Waals surface area contributed by atoms with Crippen LogP contribution >= 0.6 is 12.4 Å². The number of nitrogens with two attached hydrogens (primary N) is 1. The smallest absolute Gasteiger partial charge is 0.405 e. The van der Waals surface area contributed by atoms with Gasteiger partial charge >= 0.3 is 6.09 Å². The van der Waals surface area contributed by atoms with Crippen LogP contribution in [0.2, 0.25) is 0 Å². The third-order valence-electron chi connectivity index (χ3n) is 2.91. The van der Waals surface area contributed by atoms with Crippen molar-refractivity contribution in [1.82, 2.24) is 5.32 Å². The van der Waals surface area contributed by atoms with Gasteiger partial charge in [0.25, 0.3) is 0 Å². The molecule has 1 unspecified atom stereocenters. The van der Waals surface area contributed by atoms with Crippen LogP contribution in [0.1, 0.15) is 25.7 Å². The monoisotopic (exact) mass is 206 g/mol. The minimum Gasteiger partial charge on any atom is -0.465 e. The fourth-order valence-electron chi connectivity index (χ4n) is 1.80. The maximum Gasteiger partial charge on any atom is 0.405 e. The molecule has 0 aromatic rings. The standard InChI is InChI=1S/C8H14N2O2.ClH/c9-6(5-1-2-5)8(3-4-8)10-7(11)12;/h5-6,10H,1-4,9H2,(H,11,12);1H. The van der Waals surface area contributed by atoms with Crippen molar-refractivity contribution < 1.29 is 9.90 Å². The fourth-order valence-corrected chi connectivity index (χ4v) is 1.80. The van der Waals surface area contributed by atoms with Crippen LogP contribution in [0.5, 0.6) is 0 Å². The number of rotatable bonds is 3. The molecule has 76 valence electrons. The van der Waals surface area contributed by atoms with Crippen LogP contribution in [0.3, 0.4) is 0 Å². The summed E-state index contributed by atoms with van der Waals surface area (Å²) in [4.78, 5) is 10.4. The highest BCUT2D eigenvalue weighted by Crippen LogP contribution is 2.46. The molecule has 0 aromatic heterocycles. The Hall–Kier alpha value is -0.480. The van der Waals surface area contributed by atoms with E-state index >= 15 is 0 Å². The Kier molecular flexibility index (Phi) is 2.73. The first kappa shape index (κ1) is 10.6. The molecule has 2 aliphatic rings. The number of halogens is 1. The maximum absolute atomic E-state index is 10.4. The first-order valence-electron chi connectivity index (χ1n) is 4.41. The number of nitrogens with one attached hydrogen (secondary N) is 1. The number of hydrogen-bond donors (Lipinski definition) is 3. The van der Waals surface area contributed by atoms with Gasteiger partial charge in [-0.1, -0.05) is 0 Å². The molecule has 2 fully saturated rings. The van der Waals surface area contributed by atoms with Gasteiger partial charge in [0.05, 0.1) is 5.54 Å². The van der Waals surface area contributed by atoms with Crippen LogP contribution in [0.25, 0.3) is 0 Å². The SMILES string of the molecule is Cl.NC(C1CC1)C1(NC(=O)O)CC1. The van der Waals surface area contributed by atoms with Gasteiger partial charge in [0.15, 0.2) is 0 Å². The predicted octanol–water partition coefficient (Wildman–Crippen LogP) is 0.946. The van der Waals surface area contributed by atoms with Crippen molar-refractivity contribution in [3.8, 4) is 0 Å². The summed E-state index contributed by atoms with van der Waals surface area (Å²) < 4.78 is 0. The Bertz CT molecular complexity index is 214. The lowest BCUT2D eigenvalue weighted by molar-refractivity contribution is 0.184. The lowest BCUT2D eigenvalue weighted by Crippen LogP contribution is -2.50. The van der Waals surface area contributed by atoms with Gasteiger partial charge in [-0.3, -0.25) is 0 Å². The summed E-state index contributed by atoms with van der Waals surface area (Å²) in [6.07, 6.45) is 3.23. The van der Waals surface area contributed by atoms with E-state index in [0.29, 0.717) is 5.92 Å². The van der Waals surface area contributed by atoms with Crippen molar-refractivity contribution in [2.45, 2.75) is 37.3 Å². The van der Waals surface area contributed by atoms with E-state index in [1.165, 1.54) is 12.8 Å². The maximum atomic E-state index is 10.4. The topological polar surface area (TPSA) is 75.3 Å². The molecule has 0 saturated heterocycles. The number of amides is 1. The lowest BCUT2D eigenvalue weighted by Gasteiger charge is -2.22. The molecule has 4 N–H and O–H groups in total. The van der Waals surface area contributed by atoms with Crippen LogP contribution in [0.15, 0.2) is 0 Å². The second-order valence-electron chi connectivity index (χ2n) is 3.95. The van der Waals surface area contributed by atoms with E-state index in [9.17, 15) is 4.79 Å². The van der Waals surface area contributed by atoms with Gasteiger partial charge in [-0.15, -0.1) is 12.4 Å². The van der Waals surface area contributed by atoms with Crippen molar-refractivity contribution in [3.63, 3.8) is 0 Å². The average Bonchev–Trinajstić information content (AvgIpc) is 2.80. The van der Waals surface area contributed by atoms with Gasteiger partial charge in [-0.25, -0.2) is 4.79 Å². The van der Waals surface area contributed by atoms with Crippen molar-refractivity contribution in [2.24, 2.45) is 11.7 Å². The van der Waals surface area contributed by atoms with Crippen LogP contribution in [-0.2, 0) is 0 Å². The van der Waals surface area contributed by atoms with Gasteiger partial charge in [0.2, 0.25) is 0 Å². The van der Waals surface area contributed by atoms with E-state index in [4.69, 9.17) is 10.8 Å². The van der Waals surface area contributed by atoms with Gasteiger partial charge in [-0.2, -0.15) is 0 Å². The van der Waals surface area contributed by atoms with E-state index in [2.05, 4.69) is 5.32 Å². The highest BCUT2D eigenvalue weighted by atomic mass is 35.5. The van der Waals surface area contributed by atoms with Gasteiger partial charge in [0.1, 0.15) is 0 Å². The second kappa shape index (κ2) is 3.35. The van der Waals surface area contributed by atoms with Crippen molar-refractivity contribution in [2.75, 3.05) is 0 Å². The highest BCUT2D eigenvalue weighted by molar-refractivity contribution is 5.85. The third-order valence-corrected chi connectivity index (χ3v) is 2.91. The summed E-state index contributed by atoms with van der Waals surface area (Å²) in [5.41, 5.74) is 5.68. The molecule has 13 heavy (non-hydrogen) atoms. The molecule has 0 spiro atoms. The molecule has 0 heterocycles. The van der Waals surface area contributed by atoms with Crippen molar-refractivity contribution in [1.29, 1.82) is 0 Å². The molecule has 2 rings (SSSR count). The van der Waals surface area contributed by atoms with Gasteiger partial charge < -0.3 is 16.2 Å². The Morgan fingerprint density at radius 1 is 1.54 bits per heavy atom. The van der Waals surface area contributed by atoms with Crippen LogP contribution in [0, 0.1) is 5.92 Å². The minimum absolute atomic E-state index is 0. The summed E-state index contributed by atoms with van der Waals surface area (Å²) in [5, 5.41) is 11.1. The zero-order valence-corrected chi connectivity index (χ0v) is 8.14. The Morgan fingerprint density at radius 3 is 2.38 bits per heavy atom. The Balaban J connectivity index is 0.000000845. The molecule has 2 saturated carbocycles. The lowest BCUT2D eigenvalue weighted by atomic mass is 10.0. The normalized spacial score (nSPS) is 25.6. The molecule has 0 aromatic carbocycles. The molecule has 1 atom stereocenters. The summed E-state index contributed by atoms with van der Waals surface area (Å²) in [7, 11) is 0. The first-order valence-corrected chi connectivity index (χ1v) is 4.41. The summed E-state index contributed by atoms with van der Waals surface area (Å²) in [5.74, 6) is 0.569. The summed E-state index contributed by atoms with van der Waals surface area (Å²) in [6, 6.07) is 0.0496. The van der Waals surface area contributed by atoms with Crippen LogP contribution in [0.4, 0.5) is 4.79 Å². The molecule has 1 amide bonds. The van der Waals surface area contributed by atoms with Crippen LogP contribution in [-0.4, -0.2) is 22.8 Å². The van der Waals surface area contributed by atoms with Crippen LogP contribution < -0.4 is 11.1 Å². The molecule has 5 heteroatoms. The van der Waals surface area contributed by atoms with E-state index in [1.807, 2.05) is 0 Å². The van der Waals surface area contributed by atoms with E-state index in [0.717, 1.165) is 12.8 Å². The van der Waals surface area contributed by atoms with Crippen molar-refractivity contribution in [3.05, 3.63) is 0 Å². The van der Waals surface area contributed by atoms with Gasteiger partial charge in [0, 0.05) is 6.04 Å². The quantitative estimate of drug-likeness (QED) is 0.644. The number of hydrogen-bond acceptors (Lipinski definition) is 2. The molecule has 0 radical (unpaired) electrons. The Morgan fingerprint density at radius 2 is 2.08 bits per heavy atom. The molecule has 2 aliphatic carbocycles. The second-order valence-corrected chi connectivity index (χ2v) is 3.95. The molecule has 4 nitrogen and oxygen atoms in total. The minimum atomic E-state index is -0.941. The fraction of sp³-hybridized carbons (Fsp3) is 0.875. The largest absolute Gasteiger partial charge is 0.465 e.